The topological polar surface area (TPSA) is 93.7 Å². The third kappa shape index (κ3) is 7.32. The molecule has 2 aromatic carbocycles. The van der Waals surface area contributed by atoms with Crippen molar-refractivity contribution in [3.05, 3.63) is 54.1 Å². The first kappa shape index (κ1) is 24.2. The fourth-order valence-corrected chi connectivity index (χ4v) is 5.02. The molecule has 0 heterocycles. The van der Waals surface area contributed by atoms with Gasteiger partial charge >= 0.3 is 0 Å². The lowest BCUT2D eigenvalue weighted by Crippen LogP contribution is -2.35. The monoisotopic (exact) mass is 460 g/mol. The number of ether oxygens (including phenoxy) is 2. The predicted octanol–water partition coefficient (Wildman–Crippen LogP) is 3.89. The third-order valence-electron chi connectivity index (χ3n) is 5.37. The van der Waals surface area contributed by atoms with Gasteiger partial charge in [0.1, 0.15) is 5.75 Å². The van der Waals surface area contributed by atoms with Crippen LogP contribution in [0.4, 0.5) is 5.69 Å². The molecule has 1 fully saturated rings. The van der Waals surface area contributed by atoms with Crippen molar-refractivity contribution in [2.75, 3.05) is 19.0 Å². The van der Waals surface area contributed by atoms with Crippen molar-refractivity contribution in [2.24, 2.45) is 0 Å². The number of rotatable bonds is 11. The molecule has 2 aromatic rings. The molecule has 1 aliphatic rings. The maximum Gasteiger partial charge on any atom is 0.240 e. The Morgan fingerprint density at radius 2 is 1.84 bits per heavy atom. The standard InChI is InChI=1S/C24H32N2O5S/c1-18(17-30-2)26-32(28,29)23-13-11-20(12-14-23)25-24(27)15-10-19-6-5-9-22(16-19)31-21-7-3-4-8-21/h5-6,9,11-14,16,18,21,26H,3-4,7-8,10,15,17H2,1-2H3,(H,25,27). The highest BCUT2D eigenvalue weighted by molar-refractivity contribution is 7.89. The largest absolute Gasteiger partial charge is 0.490 e. The maximum absolute atomic E-state index is 12.4. The van der Waals surface area contributed by atoms with Crippen molar-refractivity contribution in [3.8, 4) is 5.75 Å². The first-order valence-electron chi connectivity index (χ1n) is 11.0. The van der Waals surface area contributed by atoms with Crippen LogP contribution in [0, 0.1) is 0 Å². The van der Waals surface area contributed by atoms with Crippen LogP contribution in [0.5, 0.6) is 5.75 Å². The molecule has 7 nitrogen and oxygen atoms in total. The summed E-state index contributed by atoms with van der Waals surface area (Å²) < 4.78 is 38.3. The van der Waals surface area contributed by atoms with E-state index in [2.05, 4.69) is 10.0 Å². The molecule has 1 unspecified atom stereocenters. The Kier molecular flexibility index (Phi) is 8.67. The van der Waals surface area contributed by atoms with Crippen LogP contribution in [0.1, 0.15) is 44.6 Å². The first-order chi connectivity index (χ1) is 15.4. The van der Waals surface area contributed by atoms with Gasteiger partial charge in [-0.1, -0.05) is 12.1 Å². The van der Waals surface area contributed by atoms with Crippen molar-refractivity contribution in [3.63, 3.8) is 0 Å². The molecular weight excluding hydrogens is 428 g/mol. The summed E-state index contributed by atoms with van der Waals surface area (Å²) in [6.07, 6.45) is 5.88. The second-order valence-electron chi connectivity index (χ2n) is 8.22. The number of carbonyl (C=O) groups excluding carboxylic acids is 1. The lowest BCUT2D eigenvalue weighted by Gasteiger charge is -2.14. The highest BCUT2D eigenvalue weighted by atomic mass is 32.2. The number of carbonyl (C=O) groups is 1. The zero-order valence-corrected chi connectivity index (χ0v) is 19.5. The summed E-state index contributed by atoms with van der Waals surface area (Å²) >= 11 is 0. The highest BCUT2D eigenvalue weighted by Crippen LogP contribution is 2.25. The minimum Gasteiger partial charge on any atom is -0.490 e. The Hall–Kier alpha value is -2.42. The molecule has 8 heteroatoms. The number of anilines is 1. The van der Waals surface area contributed by atoms with E-state index in [-0.39, 0.29) is 23.5 Å². The molecule has 1 amide bonds. The van der Waals surface area contributed by atoms with Crippen LogP contribution in [0.3, 0.4) is 0 Å². The van der Waals surface area contributed by atoms with E-state index in [1.165, 1.54) is 32.1 Å². The molecule has 0 aliphatic heterocycles. The fourth-order valence-electron chi connectivity index (χ4n) is 3.79. The van der Waals surface area contributed by atoms with E-state index in [0.717, 1.165) is 24.2 Å². The van der Waals surface area contributed by atoms with Crippen molar-refractivity contribution in [1.82, 2.24) is 4.72 Å². The summed E-state index contributed by atoms with van der Waals surface area (Å²) in [6, 6.07) is 13.7. The summed E-state index contributed by atoms with van der Waals surface area (Å²) in [5.74, 6) is 0.731. The van der Waals surface area contributed by atoms with E-state index in [0.29, 0.717) is 24.6 Å². The van der Waals surface area contributed by atoms with Gasteiger partial charge in [0.15, 0.2) is 0 Å². The summed E-state index contributed by atoms with van der Waals surface area (Å²) in [7, 11) is -2.12. The number of amides is 1. The number of nitrogens with one attached hydrogen (secondary N) is 2. The maximum atomic E-state index is 12.4. The van der Waals surface area contributed by atoms with Gasteiger partial charge in [-0.2, -0.15) is 0 Å². The zero-order chi connectivity index (χ0) is 23.0. The molecule has 0 aromatic heterocycles. The number of methoxy groups -OCH3 is 1. The third-order valence-corrected chi connectivity index (χ3v) is 6.97. The Morgan fingerprint density at radius 3 is 2.53 bits per heavy atom. The van der Waals surface area contributed by atoms with Crippen LogP contribution in [0.25, 0.3) is 0 Å². The quantitative estimate of drug-likeness (QED) is 0.531. The van der Waals surface area contributed by atoms with E-state index in [9.17, 15) is 13.2 Å². The van der Waals surface area contributed by atoms with Gasteiger partial charge in [0.25, 0.3) is 0 Å². The molecule has 0 spiro atoms. The van der Waals surface area contributed by atoms with Crippen molar-refractivity contribution >= 4 is 21.6 Å². The van der Waals surface area contributed by atoms with Crippen LogP contribution < -0.4 is 14.8 Å². The van der Waals surface area contributed by atoms with Gasteiger partial charge in [-0.25, -0.2) is 13.1 Å². The van der Waals surface area contributed by atoms with E-state index >= 15 is 0 Å². The van der Waals surface area contributed by atoms with Crippen LogP contribution in [-0.4, -0.2) is 40.2 Å². The minimum absolute atomic E-state index is 0.130. The summed E-state index contributed by atoms with van der Waals surface area (Å²) in [4.78, 5) is 12.5. The average molecular weight is 461 g/mol. The van der Waals surface area contributed by atoms with Gasteiger partial charge in [-0.05, 0) is 81.0 Å². The number of hydrogen-bond acceptors (Lipinski definition) is 5. The fraction of sp³-hybridized carbons (Fsp3) is 0.458. The van der Waals surface area contributed by atoms with E-state index in [1.54, 1.807) is 19.1 Å². The molecule has 1 saturated carbocycles. The molecule has 2 N–H and O–H groups in total. The van der Waals surface area contributed by atoms with Crippen molar-refractivity contribution in [1.29, 1.82) is 0 Å². The van der Waals surface area contributed by atoms with Crippen molar-refractivity contribution < 1.29 is 22.7 Å². The van der Waals surface area contributed by atoms with Gasteiger partial charge in [-0.15, -0.1) is 0 Å². The van der Waals surface area contributed by atoms with Crippen molar-refractivity contribution in [2.45, 2.75) is 62.5 Å². The zero-order valence-electron chi connectivity index (χ0n) is 18.7. The number of sulfonamides is 1. The number of aryl methyl sites for hydroxylation is 1. The average Bonchev–Trinajstić information content (AvgIpc) is 3.26. The summed E-state index contributed by atoms with van der Waals surface area (Å²) in [5.41, 5.74) is 1.60. The normalized spacial score (nSPS) is 15.4. The van der Waals surface area contributed by atoms with E-state index in [4.69, 9.17) is 9.47 Å². The number of hydrogen-bond donors (Lipinski definition) is 2. The summed E-state index contributed by atoms with van der Waals surface area (Å²) in [6.45, 7) is 2.01. The molecule has 174 valence electrons. The van der Waals surface area contributed by atoms with Gasteiger partial charge in [-0.3, -0.25) is 4.79 Å². The molecule has 1 atom stereocenters. The smallest absolute Gasteiger partial charge is 0.240 e. The Morgan fingerprint density at radius 1 is 1.12 bits per heavy atom. The highest BCUT2D eigenvalue weighted by Gasteiger charge is 2.18. The molecule has 0 saturated heterocycles. The Balaban J connectivity index is 1.50. The van der Waals surface area contributed by atoms with Gasteiger partial charge in [0.05, 0.1) is 17.6 Å². The molecule has 3 rings (SSSR count). The Labute approximate surface area is 190 Å². The summed E-state index contributed by atoms with van der Waals surface area (Å²) in [5, 5.41) is 2.82. The second-order valence-corrected chi connectivity index (χ2v) is 9.94. The van der Waals surface area contributed by atoms with Gasteiger partial charge in [0, 0.05) is 25.3 Å². The van der Waals surface area contributed by atoms with Crippen LogP contribution in [0.15, 0.2) is 53.4 Å². The second kappa shape index (κ2) is 11.4. The molecule has 1 aliphatic carbocycles. The lowest BCUT2D eigenvalue weighted by atomic mass is 10.1. The predicted molar refractivity (Wildman–Crippen MR) is 124 cm³/mol. The first-order valence-corrected chi connectivity index (χ1v) is 12.5. The molecule has 0 bridgehead atoms. The molecular formula is C24H32N2O5S. The Bertz CT molecular complexity index is 986. The van der Waals surface area contributed by atoms with Crippen LogP contribution in [0.2, 0.25) is 0 Å². The molecule has 0 radical (unpaired) electrons. The lowest BCUT2D eigenvalue weighted by molar-refractivity contribution is -0.116. The minimum atomic E-state index is -3.64. The van der Waals surface area contributed by atoms with Crippen LogP contribution >= 0.6 is 0 Å². The number of benzene rings is 2. The molecule has 32 heavy (non-hydrogen) atoms. The van der Waals surface area contributed by atoms with Gasteiger partial charge in [0.2, 0.25) is 15.9 Å². The van der Waals surface area contributed by atoms with Gasteiger partial charge < -0.3 is 14.8 Å². The van der Waals surface area contributed by atoms with E-state index in [1.807, 2.05) is 24.3 Å². The van der Waals surface area contributed by atoms with E-state index < -0.39 is 10.0 Å². The SMILES string of the molecule is COCC(C)NS(=O)(=O)c1ccc(NC(=O)CCc2cccc(OC3CCCC3)c2)cc1. The van der Waals surface area contributed by atoms with Crippen LogP contribution in [-0.2, 0) is 26.0 Å².